The number of aromatic nitrogens is 2. The maximum absolute atomic E-state index is 13.2. The van der Waals surface area contributed by atoms with Crippen molar-refractivity contribution in [3.8, 4) is 11.5 Å². The molecule has 5 rings (SSSR count). The fourth-order valence-corrected chi connectivity index (χ4v) is 4.00. The minimum Gasteiger partial charge on any atom is -0.491 e. The molecule has 1 atom stereocenters. The zero-order chi connectivity index (χ0) is 22.6. The van der Waals surface area contributed by atoms with Crippen molar-refractivity contribution in [3.05, 3.63) is 52.8 Å². The van der Waals surface area contributed by atoms with Gasteiger partial charge < -0.3 is 24.8 Å². The summed E-state index contributed by atoms with van der Waals surface area (Å²) in [5.74, 6) is -0.132. The van der Waals surface area contributed by atoms with Crippen LogP contribution in [0, 0.1) is 0 Å². The molecule has 166 valence electrons. The molecule has 0 unspecified atom stereocenters. The molecule has 4 heterocycles. The number of likely N-dealkylation sites (N-methyl/N-ethyl adjacent to an activating group) is 1. The van der Waals surface area contributed by atoms with Gasteiger partial charge in [-0.05, 0) is 23.8 Å². The van der Waals surface area contributed by atoms with Crippen LogP contribution in [0.2, 0.25) is 0 Å². The van der Waals surface area contributed by atoms with Gasteiger partial charge in [-0.25, -0.2) is 9.97 Å². The number of anilines is 1. The van der Waals surface area contributed by atoms with Crippen LogP contribution in [0.15, 0.2) is 30.5 Å². The first-order chi connectivity index (χ1) is 15.2. The molecule has 0 radical (unpaired) electrons. The van der Waals surface area contributed by atoms with Gasteiger partial charge in [-0.2, -0.15) is 0 Å². The Labute approximate surface area is 179 Å². The van der Waals surface area contributed by atoms with E-state index in [2.05, 4.69) is 14.7 Å². The van der Waals surface area contributed by atoms with Crippen LogP contribution in [-0.2, 0) is 18.0 Å². The Hall–Kier alpha value is -3.60. The normalized spacial score (nSPS) is 17.1. The van der Waals surface area contributed by atoms with Crippen molar-refractivity contribution in [1.29, 1.82) is 0 Å². The summed E-state index contributed by atoms with van der Waals surface area (Å²) in [7, 11) is 1.59. The van der Waals surface area contributed by atoms with Crippen molar-refractivity contribution in [2.75, 3.05) is 19.4 Å². The highest BCUT2D eigenvalue weighted by molar-refractivity contribution is 5.97. The first kappa shape index (κ1) is 20.3. The molecule has 0 spiro atoms. The second kappa shape index (κ2) is 7.23. The van der Waals surface area contributed by atoms with Crippen LogP contribution >= 0.6 is 0 Å². The van der Waals surface area contributed by atoms with E-state index in [1.165, 1.54) is 23.2 Å². The molecular weight excluding hydrogens is 429 g/mol. The minimum absolute atomic E-state index is 0.0992. The molecule has 2 aromatic heterocycles. The molecule has 2 aliphatic heterocycles. The summed E-state index contributed by atoms with van der Waals surface area (Å²) < 4.78 is 52.3. The smallest absolute Gasteiger partial charge is 0.491 e. The SMILES string of the molecule is CN(C(=O)c1cc2c3c(c(N)nc2cn1)COC3)[C@@H]1COc2cc(OC(F)(F)F)ccc21. The number of pyridine rings is 2. The standard InChI is InChI=1S/C21H17F3N4O4/c1-28(17-9-31-18-4-10(2-3-11(17)18)32-21(22,23)24)20(29)15-5-12-13-7-30-8-14(13)19(25)27-16(12)6-26-15/h2-6,17H,7-9H2,1H3,(H2,25,27)/t17-/m1/s1. The number of ether oxygens (including phenoxy) is 3. The number of rotatable bonds is 3. The molecule has 2 aliphatic rings. The molecule has 3 aromatic rings. The van der Waals surface area contributed by atoms with Crippen LogP contribution in [0.3, 0.4) is 0 Å². The molecule has 0 bridgehead atoms. The summed E-state index contributed by atoms with van der Waals surface area (Å²) in [6, 6.07) is 4.98. The Balaban J connectivity index is 1.43. The first-order valence-corrected chi connectivity index (χ1v) is 9.65. The largest absolute Gasteiger partial charge is 0.573 e. The Morgan fingerprint density at radius 1 is 1.25 bits per heavy atom. The lowest BCUT2D eigenvalue weighted by Gasteiger charge is -2.23. The van der Waals surface area contributed by atoms with E-state index < -0.39 is 12.4 Å². The molecule has 0 fully saturated rings. The number of carbonyl (C=O) groups excluding carboxylic acids is 1. The summed E-state index contributed by atoms with van der Waals surface area (Å²) in [6.07, 6.45) is -3.31. The van der Waals surface area contributed by atoms with E-state index in [-0.39, 0.29) is 29.7 Å². The highest BCUT2D eigenvalue weighted by Crippen LogP contribution is 2.39. The van der Waals surface area contributed by atoms with E-state index in [1.807, 2.05) is 0 Å². The van der Waals surface area contributed by atoms with E-state index in [0.717, 1.165) is 22.6 Å². The van der Waals surface area contributed by atoms with E-state index in [0.29, 0.717) is 30.1 Å². The summed E-state index contributed by atoms with van der Waals surface area (Å²) >= 11 is 0. The molecule has 32 heavy (non-hydrogen) atoms. The fraction of sp³-hybridized carbons (Fsp3) is 0.286. The molecule has 1 amide bonds. The number of nitrogens with two attached hydrogens (primary N) is 1. The molecule has 0 saturated carbocycles. The molecule has 0 aliphatic carbocycles. The monoisotopic (exact) mass is 446 g/mol. The highest BCUT2D eigenvalue weighted by Gasteiger charge is 2.35. The average molecular weight is 446 g/mol. The maximum atomic E-state index is 13.2. The molecular formula is C21H17F3N4O4. The maximum Gasteiger partial charge on any atom is 0.573 e. The van der Waals surface area contributed by atoms with Gasteiger partial charge in [0.15, 0.2) is 0 Å². The number of hydrogen-bond donors (Lipinski definition) is 1. The van der Waals surface area contributed by atoms with E-state index >= 15 is 0 Å². The van der Waals surface area contributed by atoms with Gasteiger partial charge in [-0.3, -0.25) is 4.79 Å². The number of alkyl halides is 3. The lowest BCUT2D eigenvalue weighted by atomic mass is 10.0. The van der Waals surface area contributed by atoms with E-state index in [9.17, 15) is 18.0 Å². The Bertz CT molecular complexity index is 1250. The van der Waals surface area contributed by atoms with Gasteiger partial charge >= 0.3 is 6.36 Å². The zero-order valence-electron chi connectivity index (χ0n) is 16.8. The third-order valence-corrected chi connectivity index (χ3v) is 5.60. The number of halogens is 3. The second-order valence-electron chi connectivity index (χ2n) is 7.52. The van der Waals surface area contributed by atoms with Crippen LogP contribution in [0.1, 0.15) is 33.2 Å². The first-order valence-electron chi connectivity index (χ1n) is 9.65. The highest BCUT2D eigenvalue weighted by atomic mass is 19.4. The Kier molecular flexibility index (Phi) is 4.59. The van der Waals surface area contributed by atoms with Crippen molar-refractivity contribution in [2.45, 2.75) is 25.6 Å². The second-order valence-corrected chi connectivity index (χ2v) is 7.52. The van der Waals surface area contributed by atoms with Gasteiger partial charge in [0.05, 0.1) is 31.0 Å². The molecule has 2 N–H and O–H groups in total. The van der Waals surface area contributed by atoms with E-state index in [4.69, 9.17) is 15.2 Å². The van der Waals surface area contributed by atoms with E-state index in [1.54, 1.807) is 13.1 Å². The number of benzene rings is 1. The number of nitrogens with zero attached hydrogens (tertiary/aromatic N) is 3. The molecule has 1 aromatic carbocycles. The average Bonchev–Trinajstić information content (AvgIpc) is 3.39. The van der Waals surface area contributed by atoms with Crippen molar-refractivity contribution in [1.82, 2.24) is 14.9 Å². The number of fused-ring (bicyclic) bond motifs is 4. The Morgan fingerprint density at radius 2 is 2.03 bits per heavy atom. The third-order valence-electron chi connectivity index (χ3n) is 5.60. The van der Waals surface area contributed by atoms with Crippen LogP contribution in [-0.4, -0.2) is 40.8 Å². The topological polar surface area (TPSA) is 99.8 Å². The predicted molar refractivity (Wildman–Crippen MR) is 106 cm³/mol. The molecule has 0 saturated heterocycles. The summed E-state index contributed by atoms with van der Waals surface area (Å²) in [5, 5.41) is 0.746. The zero-order valence-corrected chi connectivity index (χ0v) is 16.8. The van der Waals surface area contributed by atoms with Crippen LogP contribution in [0.5, 0.6) is 11.5 Å². The van der Waals surface area contributed by atoms with Gasteiger partial charge in [0, 0.05) is 29.6 Å². The summed E-state index contributed by atoms with van der Waals surface area (Å²) in [5.41, 5.74) is 9.03. The van der Waals surface area contributed by atoms with Crippen molar-refractivity contribution < 1.29 is 32.2 Å². The minimum atomic E-state index is -4.80. The van der Waals surface area contributed by atoms with Gasteiger partial charge in [0.25, 0.3) is 5.91 Å². The number of nitrogen functional groups attached to an aromatic ring is 1. The van der Waals surface area contributed by atoms with Gasteiger partial charge in [-0.1, -0.05) is 0 Å². The molecule has 11 heteroatoms. The lowest BCUT2D eigenvalue weighted by molar-refractivity contribution is -0.274. The fourth-order valence-electron chi connectivity index (χ4n) is 4.00. The quantitative estimate of drug-likeness (QED) is 0.659. The summed E-state index contributed by atoms with van der Waals surface area (Å²) in [4.78, 5) is 23.2. The van der Waals surface area contributed by atoms with Crippen molar-refractivity contribution in [3.63, 3.8) is 0 Å². The summed E-state index contributed by atoms with van der Waals surface area (Å²) in [6.45, 7) is 0.839. The Morgan fingerprint density at radius 3 is 2.81 bits per heavy atom. The van der Waals surface area contributed by atoms with Crippen molar-refractivity contribution in [2.24, 2.45) is 0 Å². The predicted octanol–water partition coefficient (Wildman–Crippen LogP) is 3.35. The van der Waals surface area contributed by atoms with Gasteiger partial charge in [0.1, 0.15) is 29.6 Å². The van der Waals surface area contributed by atoms with Crippen LogP contribution in [0.25, 0.3) is 10.9 Å². The third kappa shape index (κ3) is 3.44. The van der Waals surface area contributed by atoms with Crippen LogP contribution in [0.4, 0.5) is 19.0 Å². The van der Waals surface area contributed by atoms with Gasteiger partial charge in [-0.15, -0.1) is 13.2 Å². The van der Waals surface area contributed by atoms with Crippen molar-refractivity contribution >= 4 is 22.6 Å². The van der Waals surface area contributed by atoms with Gasteiger partial charge in [0.2, 0.25) is 0 Å². The van der Waals surface area contributed by atoms with Crippen LogP contribution < -0.4 is 15.2 Å². The number of amides is 1. The number of hydrogen-bond acceptors (Lipinski definition) is 7. The number of carbonyl (C=O) groups is 1. The lowest BCUT2D eigenvalue weighted by Crippen LogP contribution is -2.32. The molecule has 8 nitrogen and oxygen atoms in total.